The summed E-state index contributed by atoms with van der Waals surface area (Å²) in [6, 6.07) is 8.21. The molecule has 0 spiro atoms. The lowest BCUT2D eigenvalue weighted by atomic mass is 9.68. The van der Waals surface area contributed by atoms with E-state index in [4.69, 9.17) is 16.3 Å². The van der Waals surface area contributed by atoms with Crippen molar-refractivity contribution in [2.24, 2.45) is 5.92 Å². The van der Waals surface area contributed by atoms with Gasteiger partial charge in [-0.1, -0.05) is 29.8 Å². The number of benzene rings is 1. The number of rotatable bonds is 2. The monoisotopic (exact) mass is 237 g/mol. The number of halogens is 1. The van der Waals surface area contributed by atoms with E-state index >= 15 is 0 Å². The summed E-state index contributed by atoms with van der Waals surface area (Å²) in [5.41, 5.74) is 1.44. The highest BCUT2D eigenvalue weighted by molar-refractivity contribution is 6.31. The molecule has 1 N–H and O–H groups in total. The zero-order valence-electron chi connectivity index (χ0n) is 9.21. The highest BCUT2D eigenvalue weighted by atomic mass is 35.5. The Morgan fingerprint density at radius 2 is 2.12 bits per heavy atom. The van der Waals surface area contributed by atoms with Gasteiger partial charge in [-0.15, -0.1) is 0 Å². The normalized spacial score (nSPS) is 27.7. The number of hydrogen-bond acceptors (Lipinski definition) is 2. The van der Waals surface area contributed by atoms with E-state index in [1.165, 1.54) is 12.0 Å². The first kappa shape index (κ1) is 10.6. The van der Waals surface area contributed by atoms with Crippen molar-refractivity contribution in [3.63, 3.8) is 0 Å². The van der Waals surface area contributed by atoms with Crippen molar-refractivity contribution in [2.75, 3.05) is 26.3 Å². The third-order valence-electron chi connectivity index (χ3n) is 3.97. The van der Waals surface area contributed by atoms with Crippen LogP contribution in [0.1, 0.15) is 12.0 Å². The number of nitrogens with one attached hydrogen (secondary N) is 1. The first-order chi connectivity index (χ1) is 7.83. The van der Waals surface area contributed by atoms with E-state index in [-0.39, 0.29) is 5.41 Å². The van der Waals surface area contributed by atoms with Gasteiger partial charge in [0.25, 0.3) is 0 Å². The van der Waals surface area contributed by atoms with Crippen molar-refractivity contribution in [3.05, 3.63) is 34.9 Å². The van der Waals surface area contributed by atoms with Gasteiger partial charge in [0, 0.05) is 10.4 Å². The minimum Gasteiger partial charge on any atom is -0.379 e. The molecule has 1 unspecified atom stereocenters. The second-order valence-corrected chi connectivity index (χ2v) is 5.23. The molecule has 1 atom stereocenters. The second kappa shape index (κ2) is 4.02. The van der Waals surface area contributed by atoms with Crippen molar-refractivity contribution >= 4 is 11.6 Å². The summed E-state index contributed by atoms with van der Waals surface area (Å²) in [4.78, 5) is 0. The van der Waals surface area contributed by atoms with Crippen LogP contribution in [-0.4, -0.2) is 26.3 Å². The fourth-order valence-electron chi connectivity index (χ4n) is 2.92. The molecule has 1 aromatic rings. The summed E-state index contributed by atoms with van der Waals surface area (Å²) in [5, 5.41) is 4.32. The summed E-state index contributed by atoms with van der Waals surface area (Å²) >= 11 is 6.32. The van der Waals surface area contributed by atoms with E-state index in [0.717, 1.165) is 31.3 Å². The van der Waals surface area contributed by atoms with Crippen LogP contribution in [0.3, 0.4) is 0 Å². The largest absolute Gasteiger partial charge is 0.379 e. The molecule has 2 saturated heterocycles. The maximum absolute atomic E-state index is 6.32. The molecule has 86 valence electrons. The van der Waals surface area contributed by atoms with Crippen LogP contribution in [0, 0.1) is 5.92 Å². The molecule has 0 radical (unpaired) electrons. The van der Waals surface area contributed by atoms with Gasteiger partial charge in [-0.2, -0.15) is 0 Å². The Bertz CT molecular complexity index is 383. The molecule has 0 aromatic heterocycles. The Hall–Kier alpha value is -0.570. The summed E-state index contributed by atoms with van der Waals surface area (Å²) in [7, 11) is 0. The Morgan fingerprint density at radius 3 is 2.69 bits per heavy atom. The molecule has 16 heavy (non-hydrogen) atoms. The topological polar surface area (TPSA) is 21.3 Å². The zero-order chi connectivity index (χ0) is 11.0. The van der Waals surface area contributed by atoms with Crippen LogP contribution in [0.4, 0.5) is 0 Å². The molecular formula is C13H16ClNO. The highest BCUT2D eigenvalue weighted by Gasteiger charge is 2.48. The van der Waals surface area contributed by atoms with Gasteiger partial charge in [0.15, 0.2) is 0 Å². The van der Waals surface area contributed by atoms with E-state index in [2.05, 4.69) is 17.4 Å². The quantitative estimate of drug-likeness (QED) is 0.852. The minimum absolute atomic E-state index is 0.168. The first-order valence-corrected chi connectivity index (χ1v) is 6.24. The van der Waals surface area contributed by atoms with Crippen molar-refractivity contribution in [3.8, 4) is 0 Å². The molecular weight excluding hydrogens is 222 g/mol. The van der Waals surface area contributed by atoms with Gasteiger partial charge in [-0.05, 0) is 37.1 Å². The van der Waals surface area contributed by atoms with Crippen molar-refractivity contribution in [2.45, 2.75) is 11.8 Å². The lowest BCUT2D eigenvalue weighted by Crippen LogP contribution is -2.53. The Balaban J connectivity index is 1.98. The molecule has 2 nitrogen and oxygen atoms in total. The molecule has 0 aliphatic carbocycles. The van der Waals surface area contributed by atoms with Crippen LogP contribution >= 0.6 is 11.6 Å². The maximum atomic E-state index is 6.32. The average molecular weight is 238 g/mol. The van der Waals surface area contributed by atoms with Crippen LogP contribution in [0.15, 0.2) is 24.3 Å². The van der Waals surface area contributed by atoms with Crippen LogP contribution in [-0.2, 0) is 10.2 Å². The standard InChI is InChI=1S/C13H16ClNO/c14-12-4-2-1-3-11(12)13(8-16-9-13)10-5-6-15-7-10/h1-4,10,15H,5-9H2. The number of hydrogen-bond donors (Lipinski definition) is 1. The van der Waals surface area contributed by atoms with Gasteiger partial charge in [0.05, 0.1) is 13.2 Å². The Kier molecular flexibility index (Phi) is 2.66. The summed E-state index contributed by atoms with van der Waals surface area (Å²) in [6.45, 7) is 3.86. The third-order valence-corrected chi connectivity index (χ3v) is 4.30. The highest BCUT2D eigenvalue weighted by Crippen LogP contribution is 2.44. The molecule has 1 aromatic carbocycles. The van der Waals surface area contributed by atoms with Gasteiger partial charge in [-0.3, -0.25) is 0 Å². The fraction of sp³-hybridized carbons (Fsp3) is 0.538. The minimum atomic E-state index is 0.168. The first-order valence-electron chi connectivity index (χ1n) is 5.86. The lowest BCUT2D eigenvalue weighted by molar-refractivity contribution is -0.0868. The predicted molar refractivity (Wildman–Crippen MR) is 64.9 cm³/mol. The smallest absolute Gasteiger partial charge is 0.0589 e. The van der Waals surface area contributed by atoms with Crippen molar-refractivity contribution in [1.29, 1.82) is 0 Å². The average Bonchev–Trinajstić information content (AvgIpc) is 2.73. The van der Waals surface area contributed by atoms with E-state index in [1.807, 2.05) is 12.1 Å². The van der Waals surface area contributed by atoms with Crippen molar-refractivity contribution < 1.29 is 4.74 Å². The second-order valence-electron chi connectivity index (χ2n) is 4.82. The molecule has 3 rings (SSSR count). The van der Waals surface area contributed by atoms with Gasteiger partial charge in [0.2, 0.25) is 0 Å². The molecule has 0 amide bonds. The molecule has 2 heterocycles. The zero-order valence-corrected chi connectivity index (χ0v) is 9.96. The van der Waals surface area contributed by atoms with E-state index in [1.54, 1.807) is 0 Å². The van der Waals surface area contributed by atoms with Crippen LogP contribution < -0.4 is 5.32 Å². The molecule has 3 heteroatoms. The molecule has 2 aliphatic rings. The van der Waals surface area contributed by atoms with Crippen LogP contribution in [0.5, 0.6) is 0 Å². The lowest BCUT2D eigenvalue weighted by Gasteiger charge is -2.46. The summed E-state index contributed by atoms with van der Waals surface area (Å²) in [5.74, 6) is 0.668. The van der Waals surface area contributed by atoms with E-state index < -0.39 is 0 Å². The molecule has 2 aliphatic heterocycles. The summed E-state index contributed by atoms with van der Waals surface area (Å²) in [6.07, 6.45) is 1.23. The Morgan fingerprint density at radius 1 is 1.31 bits per heavy atom. The maximum Gasteiger partial charge on any atom is 0.0589 e. The van der Waals surface area contributed by atoms with Gasteiger partial charge < -0.3 is 10.1 Å². The van der Waals surface area contributed by atoms with Gasteiger partial charge >= 0.3 is 0 Å². The Labute approximate surface area is 101 Å². The van der Waals surface area contributed by atoms with Crippen LogP contribution in [0.2, 0.25) is 5.02 Å². The summed E-state index contributed by atoms with van der Waals surface area (Å²) < 4.78 is 5.47. The third kappa shape index (κ3) is 1.48. The van der Waals surface area contributed by atoms with Gasteiger partial charge in [0.1, 0.15) is 0 Å². The van der Waals surface area contributed by atoms with E-state index in [9.17, 15) is 0 Å². The molecule has 0 saturated carbocycles. The molecule has 2 fully saturated rings. The molecule has 0 bridgehead atoms. The fourth-order valence-corrected chi connectivity index (χ4v) is 3.25. The van der Waals surface area contributed by atoms with Gasteiger partial charge in [-0.25, -0.2) is 0 Å². The van der Waals surface area contributed by atoms with Crippen molar-refractivity contribution in [1.82, 2.24) is 5.32 Å². The van der Waals surface area contributed by atoms with E-state index in [0.29, 0.717) is 5.92 Å². The number of ether oxygens (including phenoxy) is 1. The van der Waals surface area contributed by atoms with Crippen LogP contribution in [0.25, 0.3) is 0 Å². The predicted octanol–water partition coefficient (Wildman–Crippen LogP) is 2.22. The SMILES string of the molecule is Clc1ccccc1C1(C2CCNC2)COC1.